The molecule has 0 bridgehead atoms. The van der Waals surface area contributed by atoms with E-state index in [1.54, 1.807) is 6.07 Å². The van der Waals surface area contributed by atoms with Crippen LogP contribution in [-0.2, 0) is 0 Å². The number of aryl methyl sites for hydroxylation is 3. The smallest absolute Gasteiger partial charge is 0.128 e. The van der Waals surface area contributed by atoms with E-state index < -0.39 is 0 Å². The van der Waals surface area contributed by atoms with Gasteiger partial charge < -0.3 is 5.32 Å². The van der Waals surface area contributed by atoms with E-state index in [1.165, 1.54) is 0 Å². The highest BCUT2D eigenvalue weighted by molar-refractivity contribution is 6.30. The van der Waals surface area contributed by atoms with Crippen molar-refractivity contribution >= 4 is 11.6 Å². The Morgan fingerprint density at radius 3 is 2.43 bits per heavy atom. The summed E-state index contributed by atoms with van der Waals surface area (Å²) < 4.78 is 14.5. The molecule has 21 heavy (non-hydrogen) atoms. The second-order valence-corrected chi connectivity index (χ2v) is 5.91. The molecule has 0 fully saturated rings. The molecular formula is C18H21ClFN. The Morgan fingerprint density at radius 2 is 1.81 bits per heavy atom. The third kappa shape index (κ3) is 3.45. The first kappa shape index (κ1) is 16.0. The van der Waals surface area contributed by atoms with E-state index in [1.807, 2.05) is 52.0 Å². The Bertz CT molecular complexity index is 629. The van der Waals surface area contributed by atoms with Crippen molar-refractivity contribution < 1.29 is 4.39 Å². The molecule has 2 aromatic rings. The Balaban J connectivity index is 2.61. The summed E-state index contributed by atoms with van der Waals surface area (Å²) in [6.07, 6.45) is 0. The first-order chi connectivity index (χ1) is 9.93. The topological polar surface area (TPSA) is 12.0 Å². The lowest BCUT2D eigenvalue weighted by atomic mass is 9.91. The average Bonchev–Trinajstić information content (AvgIpc) is 2.39. The minimum atomic E-state index is -0.186. The molecule has 0 spiro atoms. The Hall–Kier alpha value is -1.38. The van der Waals surface area contributed by atoms with Gasteiger partial charge in [0, 0.05) is 10.6 Å². The van der Waals surface area contributed by atoms with E-state index in [-0.39, 0.29) is 11.9 Å². The molecule has 0 heterocycles. The quantitative estimate of drug-likeness (QED) is 0.828. The fourth-order valence-corrected chi connectivity index (χ4v) is 2.97. The largest absolute Gasteiger partial charge is 0.306 e. The fraction of sp³-hybridized carbons (Fsp3) is 0.333. The number of hydrogen-bond donors (Lipinski definition) is 1. The van der Waals surface area contributed by atoms with Gasteiger partial charge in [-0.15, -0.1) is 0 Å². The van der Waals surface area contributed by atoms with Crippen LogP contribution in [0.3, 0.4) is 0 Å². The summed E-state index contributed by atoms with van der Waals surface area (Å²) in [6, 6.07) is 9.18. The highest BCUT2D eigenvalue weighted by Gasteiger charge is 2.21. The number of nitrogens with one attached hydrogen (secondary N) is 1. The fourth-order valence-electron chi connectivity index (χ4n) is 2.79. The second-order valence-electron chi connectivity index (χ2n) is 5.47. The summed E-state index contributed by atoms with van der Waals surface area (Å²) in [7, 11) is 0. The SMILES string of the molecule is CCNC(c1cc(Cl)ccc1C)c1c(C)cc(C)cc1F. The van der Waals surface area contributed by atoms with Crippen LogP contribution in [0.1, 0.15) is 40.8 Å². The van der Waals surface area contributed by atoms with Crippen molar-refractivity contribution in [2.45, 2.75) is 33.7 Å². The Kier molecular flexibility index (Phi) is 5.02. The lowest BCUT2D eigenvalue weighted by Gasteiger charge is -2.24. The maximum atomic E-state index is 14.5. The molecule has 112 valence electrons. The number of halogens is 2. The molecule has 0 aliphatic rings. The summed E-state index contributed by atoms with van der Waals surface area (Å²) in [5.74, 6) is -0.169. The van der Waals surface area contributed by atoms with Gasteiger partial charge in [0.15, 0.2) is 0 Å². The van der Waals surface area contributed by atoms with Crippen molar-refractivity contribution in [1.29, 1.82) is 0 Å². The molecule has 1 atom stereocenters. The summed E-state index contributed by atoms with van der Waals surface area (Å²) in [5.41, 5.74) is 4.72. The lowest BCUT2D eigenvalue weighted by molar-refractivity contribution is 0.554. The van der Waals surface area contributed by atoms with E-state index in [4.69, 9.17) is 11.6 Å². The average molecular weight is 306 g/mol. The zero-order valence-corrected chi connectivity index (χ0v) is 13.7. The monoisotopic (exact) mass is 305 g/mol. The zero-order valence-electron chi connectivity index (χ0n) is 12.9. The van der Waals surface area contributed by atoms with E-state index in [9.17, 15) is 4.39 Å². The predicted molar refractivity (Wildman–Crippen MR) is 87.6 cm³/mol. The van der Waals surface area contributed by atoms with Gasteiger partial charge in [0.1, 0.15) is 5.82 Å². The zero-order chi connectivity index (χ0) is 15.6. The molecule has 0 aromatic heterocycles. The number of benzene rings is 2. The van der Waals surface area contributed by atoms with Crippen LogP contribution in [0.15, 0.2) is 30.3 Å². The van der Waals surface area contributed by atoms with Gasteiger partial charge in [0.05, 0.1) is 6.04 Å². The Morgan fingerprint density at radius 1 is 1.10 bits per heavy atom. The molecule has 2 aromatic carbocycles. The maximum Gasteiger partial charge on any atom is 0.128 e. The van der Waals surface area contributed by atoms with Gasteiger partial charge >= 0.3 is 0 Å². The van der Waals surface area contributed by atoms with Gasteiger partial charge in [0.25, 0.3) is 0 Å². The Labute approximate surface area is 131 Å². The van der Waals surface area contributed by atoms with Gasteiger partial charge in [-0.3, -0.25) is 0 Å². The number of rotatable bonds is 4. The van der Waals surface area contributed by atoms with E-state index in [0.29, 0.717) is 10.6 Å². The number of hydrogen-bond acceptors (Lipinski definition) is 1. The molecule has 0 saturated heterocycles. The molecule has 0 saturated carbocycles. The van der Waals surface area contributed by atoms with E-state index in [0.717, 1.165) is 28.8 Å². The maximum absolute atomic E-state index is 14.5. The van der Waals surface area contributed by atoms with Gasteiger partial charge in [-0.2, -0.15) is 0 Å². The molecule has 1 nitrogen and oxygen atoms in total. The van der Waals surface area contributed by atoms with Crippen molar-refractivity contribution in [3.05, 3.63) is 69.0 Å². The van der Waals surface area contributed by atoms with E-state index >= 15 is 0 Å². The summed E-state index contributed by atoms with van der Waals surface area (Å²) in [5, 5.41) is 4.06. The summed E-state index contributed by atoms with van der Waals surface area (Å²) >= 11 is 6.13. The standard InChI is InChI=1S/C18H21ClFN/c1-5-21-18(15-10-14(19)7-6-12(15)3)17-13(4)8-11(2)9-16(17)20/h6-10,18,21H,5H2,1-4H3. The molecule has 3 heteroatoms. The van der Waals surface area contributed by atoms with Crippen molar-refractivity contribution in [3.63, 3.8) is 0 Å². The van der Waals surface area contributed by atoms with Crippen LogP contribution in [0.4, 0.5) is 4.39 Å². The second kappa shape index (κ2) is 6.59. The van der Waals surface area contributed by atoms with Crippen molar-refractivity contribution in [2.75, 3.05) is 6.54 Å². The molecule has 2 rings (SSSR count). The van der Waals surface area contributed by atoms with E-state index in [2.05, 4.69) is 5.32 Å². The minimum Gasteiger partial charge on any atom is -0.306 e. The van der Waals surface area contributed by atoms with Crippen LogP contribution in [-0.4, -0.2) is 6.54 Å². The highest BCUT2D eigenvalue weighted by Crippen LogP contribution is 2.31. The summed E-state index contributed by atoms with van der Waals surface area (Å²) in [4.78, 5) is 0. The first-order valence-corrected chi connectivity index (χ1v) is 7.58. The molecule has 1 N–H and O–H groups in total. The van der Waals surface area contributed by atoms with Gasteiger partial charge in [-0.1, -0.05) is 30.7 Å². The van der Waals surface area contributed by atoms with Crippen molar-refractivity contribution in [1.82, 2.24) is 5.32 Å². The van der Waals surface area contributed by atoms with Crippen LogP contribution < -0.4 is 5.32 Å². The molecule has 0 amide bonds. The highest BCUT2D eigenvalue weighted by atomic mass is 35.5. The van der Waals surface area contributed by atoms with Gasteiger partial charge in [-0.05, 0) is 67.8 Å². The van der Waals surface area contributed by atoms with Crippen molar-refractivity contribution in [3.8, 4) is 0 Å². The predicted octanol–water partition coefficient (Wildman–Crippen LogP) is 5.10. The minimum absolute atomic E-state index is 0.169. The van der Waals surface area contributed by atoms with Gasteiger partial charge in [-0.25, -0.2) is 4.39 Å². The first-order valence-electron chi connectivity index (χ1n) is 7.20. The molecule has 0 aliphatic carbocycles. The van der Waals surface area contributed by atoms with Gasteiger partial charge in [0.2, 0.25) is 0 Å². The lowest BCUT2D eigenvalue weighted by Crippen LogP contribution is -2.24. The van der Waals surface area contributed by atoms with Crippen LogP contribution in [0.5, 0.6) is 0 Å². The molecule has 1 unspecified atom stereocenters. The molecular weight excluding hydrogens is 285 g/mol. The molecule has 0 radical (unpaired) electrons. The third-order valence-corrected chi connectivity index (χ3v) is 3.97. The van der Waals surface area contributed by atoms with Crippen LogP contribution in [0, 0.1) is 26.6 Å². The third-order valence-electron chi connectivity index (χ3n) is 3.73. The van der Waals surface area contributed by atoms with Crippen LogP contribution in [0.25, 0.3) is 0 Å². The summed E-state index contributed by atoms with van der Waals surface area (Å²) in [6.45, 7) is 8.66. The van der Waals surface area contributed by atoms with Crippen LogP contribution in [0.2, 0.25) is 5.02 Å². The van der Waals surface area contributed by atoms with Crippen molar-refractivity contribution in [2.24, 2.45) is 0 Å². The molecule has 0 aliphatic heterocycles. The van der Waals surface area contributed by atoms with Crippen LogP contribution >= 0.6 is 11.6 Å². The normalized spacial score (nSPS) is 12.5.